The first-order valence-electron chi connectivity index (χ1n) is 10.1. The number of pyridine rings is 1. The van der Waals surface area contributed by atoms with Crippen molar-refractivity contribution in [2.75, 3.05) is 30.3 Å². The second-order valence-corrected chi connectivity index (χ2v) is 15.1. The second kappa shape index (κ2) is 9.34. The zero-order valence-electron chi connectivity index (χ0n) is 19.6. The van der Waals surface area contributed by atoms with Crippen LogP contribution in [0, 0.1) is 19.3 Å². The molecule has 2 aromatic heterocycles. The van der Waals surface area contributed by atoms with Gasteiger partial charge in [0.25, 0.3) is 5.91 Å². The lowest BCUT2D eigenvalue weighted by Crippen LogP contribution is -2.47. The number of rotatable bonds is 7. The topological polar surface area (TPSA) is 66.9 Å². The molecular weight excluding hydrogens is 456 g/mol. The van der Waals surface area contributed by atoms with Gasteiger partial charge in [-0.3, -0.25) is 9.78 Å². The van der Waals surface area contributed by atoms with Crippen LogP contribution in [0.2, 0.25) is 0 Å². The van der Waals surface area contributed by atoms with Crippen LogP contribution < -0.4 is 10.6 Å². The fraction of sp³-hybridized carbons (Fsp3) is 0.375. The third-order valence-electron chi connectivity index (χ3n) is 4.99. The maximum absolute atomic E-state index is 13.2. The fourth-order valence-corrected chi connectivity index (χ4v) is 6.15. The summed E-state index contributed by atoms with van der Waals surface area (Å²) in [7, 11) is -0.899. The van der Waals surface area contributed by atoms with Crippen LogP contribution in [0.25, 0.3) is 10.9 Å². The molecule has 0 bridgehead atoms. The van der Waals surface area contributed by atoms with Crippen LogP contribution in [0.1, 0.15) is 30.7 Å². The SMILES string of the molecule is C#Cc1cnc2c(C)cc(NC(SC)C(=O)NC(C)(C)c3csc(S(C)(C)C)n3)cc2c1. The number of carbonyl (C=O) groups is 1. The molecule has 1 aromatic carbocycles. The summed E-state index contributed by atoms with van der Waals surface area (Å²) in [6.45, 7) is 5.99. The van der Waals surface area contributed by atoms with Crippen LogP contribution in [0.3, 0.4) is 0 Å². The average molecular weight is 487 g/mol. The lowest BCUT2D eigenvalue weighted by atomic mass is 10.0. The Hall–Kier alpha value is -2.21. The first-order valence-corrected chi connectivity index (χ1v) is 15.1. The average Bonchev–Trinajstić information content (AvgIpc) is 3.23. The Balaban J connectivity index is 1.80. The number of thiazole rings is 1. The molecule has 1 atom stereocenters. The number of hydrogen-bond acceptors (Lipinski definition) is 6. The predicted molar refractivity (Wildman–Crippen MR) is 142 cm³/mol. The number of thioether (sulfide) groups is 1. The second-order valence-electron chi connectivity index (χ2n) is 8.94. The standard InChI is InChI=1S/C24H30N4OS3/c1-9-16-11-17-12-18(10-15(2)20(17)25-13-16)26-22(30-5)21(29)28-24(3,4)19-14-31-23(27-19)32(6,7)8/h1,10-14,22,26H,2-8H3,(H,28,29). The van der Waals surface area contributed by atoms with Crippen molar-refractivity contribution >= 4 is 55.6 Å². The maximum Gasteiger partial charge on any atom is 0.253 e. The third-order valence-corrected chi connectivity index (χ3v) is 9.36. The highest BCUT2D eigenvalue weighted by atomic mass is 32.3. The van der Waals surface area contributed by atoms with Crippen molar-refractivity contribution in [2.24, 2.45) is 0 Å². The number of nitrogens with zero attached hydrogens (tertiary/aromatic N) is 2. The van der Waals surface area contributed by atoms with Crippen LogP contribution >= 0.6 is 33.1 Å². The first kappa shape index (κ1) is 24.4. The van der Waals surface area contributed by atoms with E-state index in [4.69, 9.17) is 11.4 Å². The lowest BCUT2D eigenvalue weighted by molar-refractivity contribution is -0.121. The van der Waals surface area contributed by atoms with Gasteiger partial charge in [0.1, 0.15) is 4.34 Å². The summed E-state index contributed by atoms with van der Waals surface area (Å²) in [5.41, 5.74) is 3.83. The number of aryl methyl sites for hydroxylation is 1. The molecule has 0 radical (unpaired) electrons. The molecule has 0 spiro atoms. The highest BCUT2D eigenvalue weighted by Crippen LogP contribution is 2.47. The van der Waals surface area contributed by atoms with Crippen molar-refractivity contribution in [1.29, 1.82) is 0 Å². The molecule has 1 amide bonds. The van der Waals surface area contributed by atoms with E-state index in [0.717, 1.165) is 37.8 Å². The van der Waals surface area contributed by atoms with Gasteiger partial charge < -0.3 is 10.6 Å². The monoisotopic (exact) mass is 486 g/mol. The number of amides is 1. The Morgan fingerprint density at radius 3 is 2.59 bits per heavy atom. The minimum absolute atomic E-state index is 0.0894. The molecule has 0 aliphatic heterocycles. The van der Waals surface area contributed by atoms with Gasteiger partial charge in [0, 0.05) is 28.2 Å². The maximum atomic E-state index is 13.2. The number of nitrogens with one attached hydrogen (secondary N) is 2. The van der Waals surface area contributed by atoms with Gasteiger partial charge in [-0.05, 0) is 69.6 Å². The molecule has 170 valence electrons. The number of carbonyl (C=O) groups excluding carboxylic acids is 1. The Morgan fingerprint density at radius 1 is 1.28 bits per heavy atom. The minimum Gasteiger partial charge on any atom is -0.366 e. The van der Waals surface area contributed by atoms with E-state index < -0.39 is 20.9 Å². The molecule has 0 aliphatic carbocycles. The predicted octanol–water partition coefficient (Wildman–Crippen LogP) is 5.19. The Kier molecular flexibility index (Phi) is 7.13. The number of terminal acetylenes is 1. The minimum atomic E-state index is -0.899. The highest BCUT2D eigenvalue weighted by Gasteiger charge is 2.30. The number of fused-ring (bicyclic) bond motifs is 1. The molecule has 3 aromatic rings. The summed E-state index contributed by atoms with van der Waals surface area (Å²) >= 11 is 3.12. The van der Waals surface area contributed by atoms with Crippen molar-refractivity contribution in [3.63, 3.8) is 0 Å². The van der Waals surface area contributed by atoms with Crippen molar-refractivity contribution in [3.8, 4) is 12.3 Å². The van der Waals surface area contributed by atoms with Gasteiger partial charge in [0.15, 0.2) is 5.37 Å². The highest BCUT2D eigenvalue weighted by molar-refractivity contribution is 8.33. The number of anilines is 1. The molecule has 2 N–H and O–H groups in total. The van der Waals surface area contributed by atoms with E-state index in [9.17, 15) is 4.79 Å². The van der Waals surface area contributed by atoms with Crippen LogP contribution in [0.15, 0.2) is 34.1 Å². The van der Waals surface area contributed by atoms with Crippen molar-refractivity contribution in [1.82, 2.24) is 15.3 Å². The van der Waals surface area contributed by atoms with E-state index in [1.165, 1.54) is 11.8 Å². The lowest BCUT2D eigenvalue weighted by Gasteiger charge is -2.28. The van der Waals surface area contributed by atoms with Gasteiger partial charge in [0.05, 0.1) is 16.7 Å². The Bertz CT molecular complexity index is 1190. The molecular formula is C24H30N4OS3. The van der Waals surface area contributed by atoms with Gasteiger partial charge in [-0.2, -0.15) is 10.0 Å². The van der Waals surface area contributed by atoms with Crippen molar-refractivity contribution in [2.45, 2.75) is 36.0 Å². The first-order chi connectivity index (χ1) is 14.9. The molecule has 32 heavy (non-hydrogen) atoms. The summed E-state index contributed by atoms with van der Waals surface area (Å²) in [6.07, 6.45) is 15.8. The molecule has 0 aliphatic rings. The van der Waals surface area contributed by atoms with Crippen molar-refractivity contribution < 1.29 is 4.79 Å². The van der Waals surface area contributed by atoms with E-state index in [2.05, 4.69) is 45.7 Å². The molecule has 3 rings (SSSR count). The quantitative estimate of drug-likeness (QED) is 0.355. The van der Waals surface area contributed by atoms with E-state index in [0.29, 0.717) is 0 Å². The van der Waals surface area contributed by atoms with E-state index >= 15 is 0 Å². The third kappa shape index (κ3) is 5.40. The zero-order chi connectivity index (χ0) is 23.7. The summed E-state index contributed by atoms with van der Waals surface area (Å²) in [6, 6.07) is 5.93. The summed E-state index contributed by atoms with van der Waals surface area (Å²) in [5.74, 6) is 2.54. The molecule has 8 heteroatoms. The van der Waals surface area contributed by atoms with Crippen molar-refractivity contribution in [3.05, 3.63) is 46.6 Å². The van der Waals surface area contributed by atoms with Crippen LogP contribution in [0.5, 0.6) is 0 Å². The summed E-state index contributed by atoms with van der Waals surface area (Å²) in [5, 5.41) is 9.08. The molecule has 5 nitrogen and oxygen atoms in total. The molecule has 1 unspecified atom stereocenters. The largest absolute Gasteiger partial charge is 0.366 e. The molecule has 0 saturated carbocycles. The smallest absolute Gasteiger partial charge is 0.253 e. The van der Waals surface area contributed by atoms with Gasteiger partial charge in [-0.15, -0.1) is 29.5 Å². The van der Waals surface area contributed by atoms with Crippen LogP contribution in [-0.4, -0.2) is 46.3 Å². The van der Waals surface area contributed by atoms with E-state index in [1.54, 1.807) is 17.5 Å². The molecule has 0 saturated heterocycles. The van der Waals surface area contributed by atoms with E-state index in [-0.39, 0.29) is 5.91 Å². The van der Waals surface area contributed by atoms with Crippen LogP contribution in [0.4, 0.5) is 5.69 Å². The summed E-state index contributed by atoms with van der Waals surface area (Å²) < 4.78 is 1.14. The number of aromatic nitrogens is 2. The van der Waals surface area contributed by atoms with E-state index in [1.807, 2.05) is 45.2 Å². The number of benzene rings is 1. The molecule has 2 heterocycles. The fourth-order valence-electron chi connectivity index (χ4n) is 3.24. The molecule has 0 fully saturated rings. The normalized spacial score (nSPS) is 13.4. The van der Waals surface area contributed by atoms with Gasteiger partial charge >= 0.3 is 0 Å². The number of hydrogen-bond donors (Lipinski definition) is 2. The van der Waals surface area contributed by atoms with Gasteiger partial charge in [-0.25, -0.2) is 4.98 Å². The van der Waals surface area contributed by atoms with Gasteiger partial charge in [0.2, 0.25) is 0 Å². The summed E-state index contributed by atoms with van der Waals surface area (Å²) in [4.78, 5) is 22.5. The Labute approximate surface area is 200 Å². The van der Waals surface area contributed by atoms with Crippen LogP contribution in [-0.2, 0) is 10.3 Å². The zero-order valence-corrected chi connectivity index (χ0v) is 22.0. The Morgan fingerprint density at radius 2 is 2.00 bits per heavy atom. The van der Waals surface area contributed by atoms with Gasteiger partial charge in [-0.1, -0.05) is 5.92 Å².